The van der Waals surface area contributed by atoms with Crippen LogP contribution in [0, 0.1) is 0 Å². The minimum Gasteiger partial charge on any atom is -0.361 e. The van der Waals surface area contributed by atoms with E-state index in [2.05, 4.69) is 19.7 Å². The second-order valence-corrected chi connectivity index (χ2v) is 3.60. The zero-order valence-corrected chi connectivity index (χ0v) is 8.88. The third-order valence-electron chi connectivity index (χ3n) is 1.80. The van der Waals surface area contributed by atoms with Crippen LogP contribution < -0.4 is 5.32 Å². The summed E-state index contributed by atoms with van der Waals surface area (Å²) in [7, 11) is 1.93. The monoisotopic (exact) mass is 209 g/mol. The minimum absolute atomic E-state index is 0.728. The fraction of sp³-hybridized carbons (Fsp3) is 0.375. The molecule has 2 aromatic rings. The lowest BCUT2D eigenvalue weighted by Gasteiger charge is -1.95. The van der Waals surface area contributed by atoms with Gasteiger partial charge in [-0.3, -0.25) is 0 Å². The molecule has 2 rings (SSSR count). The van der Waals surface area contributed by atoms with E-state index in [1.807, 2.05) is 18.5 Å². The van der Waals surface area contributed by atoms with Crippen molar-refractivity contribution in [3.05, 3.63) is 12.5 Å². The molecule has 0 radical (unpaired) electrons. The molecule has 14 heavy (non-hydrogen) atoms. The first kappa shape index (κ1) is 9.14. The lowest BCUT2D eigenvalue weighted by molar-refractivity contribution is 0.913. The minimum atomic E-state index is 0.728. The van der Waals surface area contributed by atoms with E-state index in [0.29, 0.717) is 0 Å². The van der Waals surface area contributed by atoms with Gasteiger partial charge in [0.1, 0.15) is 5.69 Å². The molecule has 0 aliphatic rings. The first-order valence-electron chi connectivity index (χ1n) is 4.35. The fourth-order valence-electron chi connectivity index (χ4n) is 1.12. The molecule has 0 amide bonds. The van der Waals surface area contributed by atoms with Gasteiger partial charge in [0.15, 0.2) is 5.82 Å². The first-order valence-corrected chi connectivity index (χ1v) is 5.13. The average molecular weight is 209 g/mol. The summed E-state index contributed by atoms with van der Waals surface area (Å²) in [6.07, 6.45) is 3.50. The highest BCUT2D eigenvalue weighted by Crippen LogP contribution is 2.19. The second-order valence-electron chi connectivity index (χ2n) is 2.84. The van der Waals surface area contributed by atoms with Crippen molar-refractivity contribution >= 4 is 16.7 Å². The van der Waals surface area contributed by atoms with Gasteiger partial charge in [-0.05, 0) is 6.92 Å². The smallest absolute Gasteiger partial charge is 0.202 e. The number of hydrogen-bond acceptors (Lipinski definition) is 5. The van der Waals surface area contributed by atoms with Crippen LogP contribution >= 0.6 is 11.5 Å². The summed E-state index contributed by atoms with van der Waals surface area (Å²) >= 11 is 1.37. The van der Waals surface area contributed by atoms with E-state index in [1.165, 1.54) is 11.5 Å². The first-order chi connectivity index (χ1) is 6.81. The van der Waals surface area contributed by atoms with Crippen LogP contribution in [0.4, 0.5) is 5.13 Å². The zero-order chi connectivity index (χ0) is 9.97. The summed E-state index contributed by atoms with van der Waals surface area (Å²) in [4.78, 5) is 8.36. The summed E-state index contributed by atoms with van der Waals surface area (Å²) in [6.45, 7) is 2.89. The summed E-state index contributed by atoms with van der Waals surface area (Å²) in [5.74, 6) is 0.728. The van der Waals surface area contributed by atoms with E-state index in [1.54, 1.807) is 12.5 Å². The van der Waals surface area contributed by atoms with Gasteiger partial charge in [-0.15, -0.1) is 0 Å². The highest BCUT2D eigenvalue weighted by molar-refractivity contribution is 7.09. The van der Waals surface area contributed by atoms with Crippen LogP contribution in [0.15, 0.2) is 12.5 Å². The Bertz CT molecular complexity index is 419. The van der Waals surface area contributed by atoms with Gasteiger partial charge in [0.25, 0.3) is 0 Å². The van der Waals surface area contributed by atoms with Crippen molar-refractivity contribution in [1.29, 1.82) is 0 Å². The third-order valence-corrected chi connectivity index (χ3v) is 2.47. The van der Waals surface area contributed by atoms with Crippen molar-refractivity contribution in [1.82, 2.24) is 18.9 Å². The highest BCUT2D eigenvalue weighted by Gasteiger charge is 2.08. The summed E-state index contributed by atoms with van der Waals surface area (Å²) < 4.78 is 6.15. The number of nitrogens with zero attached hydrogens (tertiary/aromatic N) is 4. The molecule has 0 fully saturated rings. The standard InChI is InChI=1S/C8H11N5S/c1-3-10-8-11-7(12-14-8)6-4-9-5-13(6)2/h4-5H,3H2,1-2H3,(H,10,11,12). The van der Waals surface area contributed by atoms with Crippen molar-refractivity contribution < 1.29 is 0 Å². The van der Waals surface area contributed by atoms with Crippen molar-refractivity contribution in [2.45, 2.75) is 6.92 Å². The van der Waals surface area contributed by atoms with Gasteiger partial charge in [-0.2, -0.15) is 9.36 Å². The van der Waals surface area contributed by atoms with Crippen LogP contribution in [0.25, 0.3) is 11.5 Å². The summed E-state index contributed by atoms with van der Waals surface area (Å²) in [5, 5.41) is 3.98. The van der Waals surface area contributed by atoms with Crippen LogP contribution in [0.5, 0.6) is 0 Å². The highest BCUT2D eigenvalue weighted by atomic mass is 32.1. The van der Waals surface area contributed by atoms with Crippen LogP contribution in [0.3, 0.4) is 0 Å². The Balaban J connectivity index is 2.29. The van der Waals surface area contributed by atoms with E-state index >= 15 is 0 Å². The maximum Gasteiger partial charge on any atom is 0.202 e. The van der Waals surface area contributed by atoms with Gasteiger partial charge >= 0.3 is 0 Å². The van der Waals surface area contributed by atoms with E-state index in [4.69, 9.17) is 0 Å². The fourth-order valence-corrected chi connectivity index (χ4v) is 1.77. The predicted octanol–water partition coefficient (Wildman–Crippen LogP) is 1.37. The maximum atomic E-state index is 4.34. The van der Waals surface area contributed by atoms with E-state index < -0.39 is 0 Å². The molecule has 74 valence electrons. The normalized spacial score (nSPS) is 10.4. The largest absolute Gasteiger partial charge is 0.361 e. The Morgan fingerprint density at radius 3 is 3.07 bits per heavy atom. The Morgan fingerprint density at radius 2 is 2.43 bits per heavy atom. The lowest BCUT2D eigenvalue weighted by Crippen LogP contribution is -1.96. The number of aryl methyl sites for hydroxylation is 1. The summed E-state index contributed by atoms with van der Waals surface area (Å²) in [5.41, 5.74) is 0.936. The van der Waals surface area contributed by atoms with E-state index in [0.717, 1.165) is 23.2 Å². The van der Waals surface area contributed by atoms with Gasteiger partial charge in [0.05, 0.1) is 12.5 Å². The molecule has 0 aliphatic carbocycles. The molecular weight excluding hydrogens is 198 g/mol. The molecule has 2 heterocycles. The van der Waals surface area contributed by atoms with Gasteiger partial charge in [0, 0.05) is 25.1 Å². The molecule has 0 saturated heterocycles. The maximum absolute atomic E-state index is 4.34. The second kappa shape index (κ2) is 3.75. The molecule has 0 spiro atoms. The molecule has 1 N–H and O–H groups in total. The van der Waals surface area contributed by atoms with Crippen molar-refractivity contribution in [2.24, 2.45) is 7.05 Å². The van der Waals surface area contributed by atoms with Crippen LogP contribution in [-0.2, 0) is 7.05 Å². The van der Waals surface area contributed by atoms with Crippen molar-refractivity contribution in [2.75, 3.05) is 11.9 Å². The van der Waals surface area contributed by atoms with Crippen LogP contribution in [-0.4, -0.2) is 25.5 Å². The number of nitrogens with one attached hydrogen (secondary N) is 1. The molecular formula is C8H11N5S. The van der Waals surface area contributed by atoms with E-state index in [9.17, 15) is 0 Å². The number of aromatic nitrogens is 4. The number of anilines is 1. The molecule has 0 saturated carbocycles. The SMILES string of the molecule is CCNc1nc(-c2cncn2C)ns1. The van der Waals surface area contributed by atoms with Crippen molar-refractivity contribution in [3.63, 3.8) is 0 Å². The predicted molar refractivity (Wildman–Crippen MR) is 56.3 cm³/mol. The average Bonchev–Trinajstić information content (AvgIpc) is 2.74. The topological polar surface area (TPSA) is 55.6 Å². The van der Waals surface area contributed by atoms with E-state index in [-0.39, 0.29) is 0 Å². The number of imidazole rings is 1. The molecule has 0 aliphatic heterocycles. The van der Waals surface area contributed by atoms with Gasteiger partial charge < -0.3 is 9.88 Å². The molecule has 0 unspecified atom stereocenters. The number of rotatable bonds is 3. The molecule has 0 atom stereocenters. The lowest BCUT2D eigenvalue weighted by atomic mass is 10.4. The number of hydrogen-bond donors (Lipinski definition) is 1. The Morgan fingerprint density at radius 1 is 1.57 bits per heavy atom. The Kier molecular flexibility index (Phi) is 2.45. The molecule has 5 nitrogen and oxygen atoms in total. The third kappa shape index (κ3) is 1.60. The van der Waals surface area contributed by atoms with Crippen molar-refractivity contribution in [3.8, 4) is 11.5 Å². The molecule has 2 aromatic heterocycles. The van der Waals surface area contributed by atoms with Gasteiger partial charge in [-0.1, -0.05) is 0 Å². The van der Waals surface area contributed by atoms with Gasteiger partial charge in [-0.25, -0.2) is 4.98 Å². The van der Waals surface area contributed by atoms with Crippen LogP contribution in [0.2, 0.25) is 0 Å². The Hall–Kier alpha value is -1.43. The molecule has 0 bridgehead atoms. The molecule has 6 heteroatoms. The molecule has 0 aromatic carbocycles. The van der Waals surface area contributed by atoms with Crippen LogP contribution in [0.1, 0.15) is 6.92 Å². The quantitative estimate of drug-likeness (QED) is 0.829. The van der Waals surface area contributed by atoms with Gasteiger partial charge in [0.2, 0.25) is 5.13 Å². The summed E-state index contributed by atoms with van der Waals surface area (Å²) in [6, 6.07) is 0. The zero-order valence-electron chi connectivity index (χ0n) is 8.06. The Labute approximate surface area is 86.0 Å².